The Morgan fingerprint density at radius 2 is 2.00 bits per heavy atom. The molecule has 1 aromatic rings. The number of hydrogen-bond acceptors (Lipinski definition) is 3. The first-order valence-corrected chi connectivity index (χ1v) is 6.64. The summed E-state index contributed by atoms with van der Waals surface area (Å²) in [5, 5.41) is 2.79. The molecule has 1 aromatic heterocycles. The van der Waals surface area contributed by atoms with Crippen LogP contribution in [0.1, 0.15) is 29.2 Å². The summed E-state index contributed by atoms with van der Waals surface area (Å²) in [7, 11) is 0. The number of amides is 1. The number of furan rings is 1. The lowest BCUT2D eigenvalue weighted by Gasteiger charge is -2.44. The minimum Gasteiger partial charge on any atom is -0.446 e. The summed E-state index contributed by atoms with van der Waals surface area (Å²) in [5.41, 5.74) is 0. The summed E-state index contributed by atoms with van der Waals surface area (Å²) >= 11 is 0. The topological polar surface area (TPSA) is 45.5 Å². The molecule has 0 saturated carbocycles. The van der Waals surface area contributed by atoms with E-state index in [-0.39, 0.29) is 11.8 Å². The van der Waals surface area contributed by atoms with E-state index in [1.54, 1.807) is 0 Å². The van der Waals surface area contributed by atoms with Crippen LogP contribution in [0.5, 0.6) is 0 Å². The minimum absolute atomic E-state index is 0.00411. The van der Waals surface area contributed by atoms with Crippen molar-refractivity contribution in [3.05, 3.63) is 23.7 Å². The van der Waals surface area contributed by atoms with E-state index in [2.05, 4.69) is 14.6 Å². The van der Waals surface area contributed by atoms with Gasteiger partial charge in [-0.1, -0.05) is 0 Å². The Morgan fingerprint density at radius 3 is 2.50 bits per heavy atom. The van der Waals surface area contributed by atoms with Gasteiger partial charge in [-0.25, -0.2) is 0 Å². The summed E-state index contributed by atoms with van der Waals surface area (Å²) in [4.78, 5) is 14.2. The second-order valence-corrected chi connectivity index (χ2v) is 5.38. The number of piperidine rings is 3. The summed E-state index contributed by atoms with van der Waals surface area (Å²) in [6.07, 6.45) is -2.51. The predicted molar refractivity (Wildman–Crippen MR) is 64.1 cm³/mol. The van der Waals surface area contributed by atoms with Gasteiger partial charge in [0.05, 0.1) is 0 Å². The van der Waals surface area contributed by atoms with Gasteiger partial charge in [-0.3, -0.25) is 4.79 Å². The van der Waals surface area contributed by atoms with E-state index < -0.39 is 17.8 Å². The number of nitrogens with zero attached hydrogens (tertiary/aromatic N) is 1. The second-order valence-electron chi connectivity index (χ2n) is 5.38. The van der Waals surface area contributed by atoms with Gasteiger partial charge in [0, 0.05) is 12.6 Å². The van der Waals surface area contributed by atoms with Crippen molar-refractivity contribution in [2.45, 2.75) is 25.1 Å². The van der Waals surface area contributed by atoms with Crippen LogP contribution in [0, 0.1) is 5.92 Å². The van der Waals surface area contributed by atoms with Crippen molar-refractivity contribution in [3.8, 4) is 0 Å². The van der Waals surface area contributed by atoms with Crippen molar-refractivity contribution in [1.82, 2.24) is 10.2 Å². The Kier molecular flexibility index (Phi) is 3.24. The fourth-order valence-electron chi connectivity index (χ4n) is 2.98. The molecule has 3 saturated heterocycles. The fourth-order valence-corrected chi connectivity index (χ4v) is 2.98. The molecule has 3 aliphatic rings. The average Bonchev–Trinajstić information content (AvgIpc) is 2.89. The van der Waals surface area contributed by atoms with Gasteiger partial charge < -0.3 is 14.6 Å². The van der Waals surface area contributed by atoms with Crippen molar-refractivity contribution in [1.29, 1.82) is 0 Å². The molecule has 4 rings (SSSR count). The third-order valence-corrected chi connectivity index (χ3v) is 4.08. The molecule has 1 amide bonds. The molecule has 3 fully saturated rings. The zero-order valence-corrected chi connectivity index (χ0v) is 10.7. The lowest BCUT2D eigenvalue weighted by molar-refractivity contribution is -0.153. The molecule has 4 nitrogen and oxygen atoms in total. The van der Waals surface area contributed by atoms with Crippen molar-refractivity contribution < 1.29 is 22.4 Å². The van der Waals surface area contributed by atoms with Gasteiger partial charge in [-0.15, -0.1) is 0 Å². The molecule has 20 heavy (non-hydrogen) atoms. The molecule has 2 bridgehead atoms. The molecule has 0 radical (unpaired) electrons. The van der Waals surface area contributed by atoms with Crippen LogP contribution in [-0.2, 0) is 6.18 Å². The number of fused-ring (bicyclic) bond motifs is 3. The molecular formula is C13H15F3N2O2. The highest BCUT2D eigenvalue weighted by Gasteiger charge is 2.37. The molecule has 0 aliphatic carbocycles. The third-order valence-electron chi connectivity index (χ3n) is 4.08. The number of nitrogens with one attached hydrogen (secondary N) is 1. The molecule has 3 aliphatic heterocycles. The van der Waals surface area contributed by atoms with Crippen LogP contribution in [0.25, 0.3) is 0 Å². The largest absolute Gasteiger partial charge is 0.449 e. The van der Waals surface area contributed by atoms with Crippen LogP contribution in [-0.4, -0.2) is 36.5 Å². The smallest absolute Gasteiger partial charge is 0.446 e. The third kappa shape index (κ3) is 2.54. The number of alkyl halides is 3. The van der Waals surface area contributed by atoms with Gasteiger partial charge in [-0.2, -0.15) is 13.2 Å². The first-order chi connectivity index (χ1) is 9.43. The molecule has 4 heterocycles. The van der Waals surface area contributed by atoms with Crippen molar-refractivity contribution >= 4 is 5.91 Å². The Bertz CT molecular complexity index is 504. The van der Waals surface area contributed by atoms with Crippen LogP contribution in [0.4, 0.5) is 13.2 Å². The zero-order chi connectivity index (χ0) is 14.3. The van der Waals surface area contributed by atoms with Gasteiger partial charge in [0.25, 0.3) is 5.91 Å². The minimum atomic E-state index is -4.56. The second kappa shape index (κ2) is 4.80. The van der Waals surface area contributed by atoms with Crippen LogP contribution >= 0.6 is 0 Å². The van der Waals surface area contributed by atoms with Gasteiger partial charge in [0.1, 0.15) is 0 Å². The average molecular weight is 288 g/mol. The van der Waals surface area contributed by atoms with Gasteiger partial charge in [0.15, 0.2) is 5.76 Å². The van der Waals surface area contributed by atoms with Crippen LogP contribution in [0.3, 0.4) is 0 Å². The highest BCUT2D eigenvalue weighted by molar-refractivity contribution is 5.91. The molecular weight excluding hydrogens is 273 g/mol. The lowest BCUT2D eigenvalue weighted by Crippen LogP contribution is -2.57. The SMILES string of the molecule is O=C(NC1CN2CCC1CC2)c1ccc(C(F)(F)F)o1. The Morgan fingerprint density at radius 1 is 1.30 bits per heavy atom. The van der Waals surface area contributed by atoms with E-state index >= 15 is 0 Å². The summed E-state index contributed by atoms with van der Waals surface area (Å²) in [5.74, 6) is -1.58. The predicted octanol–water partition coefficient (Wildman–Crippen LogP) is 2.12. The van der Waals surface area contributed by atoms with Crippen LogP contribution in [0.2, 0.25) is 0 Å². The van der Waals surface area contributed by atoms with Crippen LogP contribution < -0.4 is 5.32 Å². The molecule has 0 spiro atoms. The number of hydrogen-bond donors (Lipinski definition) is 1. The number of carbonyl (C=O) groups is 1. The number of carbonyl (C=O) groups excluding carboxylic acids is 1. The standard InChI is InChI=1S/C13H15F3N2O2/c14-13(15,16)11-2-1-10(20-11)12(19)17-9-7-18-5-3-8(9)4-6-18/h1-2,8-9H,3-7H2,(H,17,19). The number of halogens is 3. The molecule has 1 atom stereocenters. The van der Waals surface area contributed by atoms with Gasteiger partial charge in [-0.05, 0) is 44.0 Å². The Labute approximate surface area is 113 Å². The summed E-state index contributed by atoms with van der Waals surface area (Å²) in [6.45, 7) is 2.84. The first-order valence-electron chi connectivity index (χ1n) is 6.64. The first kappa shape index (κ1) is 13.5. The van der Waals surface area contributed by atoms with E-state index in [4.69, 9.17) is 0 Å². The van der Waals surface area contributed by atoms with E-state index in [9.17, 15) is 18.0 Å². The lowest BCUT2D eigenvalue weighted by atomic mass is 9.84. The molecule has 7 heteroatoms. The normalized spacial score (nSPS) is 29.4. The summed E-state index contributed by atoms with van der Waals surface area (Å²) in [6, 6.07) is 1.86. The van der Waals surface area contributed by atoms with E-state index in [0.717, 1.165) is 44.6 Å². The van der Waals surface area contributed by atoms with Crippen molar-refractivity contribution in [3.63, 3.8) is 0 Å². The highest BCUT2D eigenvalue weighted by Crippen LogP contribution is 2.31. The summed E-state index contributed by atoms with van der Waals surface area (Å²) < 4.78 is 41.8. The maximum Gasteiger partial charge on any atom is 0.449 e. The van der Waals surface area contributed by atoms with Crippen molar-refractivity contribution in [2.75, 3.05) is 19.6 Å². The van der Waals surface area contributed by atoms with E-state index in [1.165, 1.54) is 0 Å². The van der Waals surface area contributed by atoms with Crippen molar-refractivity contribution in [2.24, 2.45) is 5.92 Å². The Hall–Kier alpha value is -1.50. The van der Waals surface area contributed by atoms with E-state index in [1.807, 2.05) is 0 Å². The van der Waals surface area contributed by atoms with Crippen LogP contribution in [0.15, 0.2) is 16.5 Å². The maximum atomic E-state index is 12.4. The molecule has 110 valence electrons. The Balaban J connectivity index is 1.66. The maximum absolute atomic E-state index is 12.4. The fraction of sp³-hybridized carbons (Fsp3) is 0.615. The van der Waals surface area contributed by atoms with Gasteiger partial charge in [0.2, 0.25) is 5.76 Å². The molecule has 1 unspecified atom stereocenters. The molecule has 0 aromatic carbocycles. The highest BCUT2D eigenvalue weighted by atomic mass is 19.4. The number of rotatable bonds is 2. The molecule has 1 N–H and O–H groups in total. The quantitative estimate of drug-likeness (QED) is 0.906. The van der Waals surface area contributed by atoms with Gasteiger partial charge >= 0.3 is 6.18 Å². The monoisotopic (exact) mass is 288 g/mol. The van der Waals surface area contributed by atoms with E-state index in [0.29, 0.717) is 5.92 Å². The zero-order valence-electron chi connectivity index (χ0n) is 10.7.